The maximum atomic E-state index is 13.1. The van der Waals surface area contributed by atoms with Gasteiger partial charge in [-0.25, -0.2) is 4.57 Å². The molecule has 4 aliphatic rings. The van der Waals surface area contributed by atoms with Crippen LogP contribution in [0, 0.1) is 23.7 Å². The molecule has 2 aromatic carbocycles. The molecule has 5 atom stereocenters. The van der Waals surface area contributed by atoms with Crippen LogP contribution in [0.5, 0.6) is 11.5 Å². The van der Waals surface area contributed by atoms with Crippen LogP contribution in [-0.4, -0.2) is 76.6 Å². The first kappa shape index (κ1) is 34.9. The van der Waals surface area contributed by atoms with Crippen molar-refractivity contribution in [2.45, 2.75) is 88.9 Å². The van der Waals surface area contributed by atoms with Crippen LogP contribution in [0.15, 0.2) is 36.4 Å². The summed E-state index contributed by atoms with van der Waals surface area (Å²) in [6.45, 7) is 6.83. The Morgan fingerprint density at radius 2 is 1.31 bits per heavy atom. The monoisotopic (exact) mass is 693 g/mol. The fourth-order valence-electron chi connectivity index (χ4n) is 7.22. The average Bonchev–Trinajstić information content (AvgIpc) is 3.67. The molecule has 2 aromatic rings. The van der Waals surface area contributed by atoms with Gasteiger partial charge >= 0.3 is 7.82 Å². The summed E-state index contributed by atoms with van der Waals surface area (Å²) in [5.74, 6) is 3.59. The number of hydrogen-bond acceptors (Lipinski definition) is 10. The molecule has 4 aliphatic heterocycles. The van der Waals surface area contributed by atoms with Crippen LogP contribution in [0.1, 0.15) is 87.7 Å². The lowest BCUT2D eigenvalue weighted by molar-refractivity contribution is -0.175. The molecular formula is C35H40N3O10P. The first-order chi connectivity index (χ1) is 23.2. The van der Waals surface area contributed by atoms with Crippen LogP contribution in [-0.2, 0) is 32.7 Å². The number of hydrogen-bond donors (Lipinski definition) is 1. The summed E-state index contributed by atoms with van der Waals surface area (Å²) in [5, 5.41) is 9.53. The number of benzene rings is 2. The van der Waals surface area contributed by atoms with E-state index in [0.29, 0.717) is 72.5 Å². The van der Waals surface area contributed by atoms with Gasteiger partial charge in [-0.3, -0.25) is 18.6 Å². The van der Waals surface area contributed by atoms with Crippen LogP contribution in [0.25, 0.3) is 0 Å². The number of amides is 2. The van der Waals surface area contributed by atoms with Crippen molar-refractivity contribution >= 4 is 19.6 Å². The third-order valence-electron chi connectivity index (χ3n) is 9.46. The minimum absolute atomic E-state index is 0.0439. The Morgan fingerprint density at radius 3 is 1.71 bits per heavy atom. The summed E-state index contributed by atoms with van der Waals surface area (Å²) < 4.78 is 48.2. The van der Waals surface area contributed by atoms with Crippen LogP contribution < -0.4 is 9.47 Å². The molecule has 1 N–H and O–H groups in total. The lowest BCUT2D eigenvalue weighted by atomic mass is 9.84. The number of carbonyl (C=O) groups excluding carboxylic acids is 2. The van der Waals surface area contributed by atoms with E-state index in [0.717, 1.165) is 0 Å². The number of nitrogens with zero attached hydrogens (tertiary/aromatic N) is 3. The van der Waals surface area contributed by atoms with Gasteiger partial charge in [0.05, 0.1) is 23.7 Å². The molecule has 0 aromatic heterocycles. The number of nitriles is 1. The van der Waals surface area contributed by atoms with Crippen LogP contribution in [0.4, 0.5) is 0 Å². The molecule has 2 saturated heterocycles. The molecule has 49 heavy (non-hydrogen) atoms. The Morgan fingerprint density at radius 1 is 0.857 bits per heavy atom. The second-order valence-corrected chi connectivity index (χ2v) is 15.0. The zero-order valence-electron chi connectivity index (χ0n) is 27.9. The number of likely N-dealkylation sites (tertiary alicyclic amines) is 2. The van der Waals surface area contributed by atoms with Gasteiger partial charge in [0.1, 0.15) is 34.9 Å². The van der Waals surface area contributed by atoms with Crippen LogP contribution in [0.2, 0.25) is 0 Å². The van der Waals surface area contributed by atoms with Crippen molar-refractivity contribution in [1.82, 2.24) is 9.80 Å². The molecule has 0 aliphatic carbocycles. The SMILES string of the molecule is C#Cc1ccc2c(c1)C(N1CCCC1=O)C(OCOP(=O)(O)OCOC1C(N3CCCC3=O)c3cc(C#N)ccc3OC1(C)C)C(C)(C)O2. The minimum atomic E-state index is -4.75. The minimum Gasteiger partial charge on any atom is -0.485 e. The Balaban J connectivity index is 1.15. The normalized spacial score (nSPS) is 26.5. The zero-order chi connectivity index (χ0) is 35.1. The second-order valence-electron chi connectivity index (χ2n) is 13.6. The lowest BCUT2D eigenvalue weighted by Crippen LogP contribution is -2.55. The van der Waals surface area contributed by atoms with Gasteiger partial charge in [-0.1, -0.05) is 5.92 Å². The van der Waals surface area contributed by atoms with E-state index in [1.54, 1.807) is 73.9 Å². The molecule has 2 amide bonds. The molecule has 0 spiro atoms. The maximum Gasteiger partial charge on any atom is 0.476 e. The van der Waals surface area contributed by atoms with Crippen molar-refractivity contribution in [3.05, 3.63) is 58.7 Å². The van der Waals surface area contributed by atoms with Gasteiger partial charge in [0.2, 0.25) is 11.8 Å². The molecule has 5 unspecified atom stereocenters. The van der Waals surface area contributed by atoms with E-state index in [4.69, 9.17) is 34.4 Å². The van der Waals surface area contributed by atoms with E-state index in [1.165, 1.54) is 0 Å². The quantitative estimate of drug-likeness (QED) is 0.209. The van der Waals surface area contributed by atoms with Crippen LogP contribution >= 0.6 is 7.82 Å². The van der Waals surface area contributed by atoms with Crippen molar-refractivity contribution in [3.63, 3.8) is 0 Å². The average molecular weight is 694 g/mol. The van der Waals surface area contributed by atoms with Gasteiger partial charge in [0, 0.05) is 42.6 Å². The molecule has 14 heteroatoms. The fourth-order valence-corrected chi connectivity index (χ4v) is 7.69. The molecular weight excluding hydrogens is 653 g/mol. The van der Waals surface area contributed by atoms with E-state index < -0.39 is 56.9 Å². The molecule has 0 radical (unpaired) electrons. The third kappa shape index (κ3) is 6.93. The number of phosphoric ester groups is 1. The van der Waals surface area contributed by atoms with Crippen molar-refractivity contribution in [2.24, 2.45) is 0 Å². The number of phosphoric acid groups is 1. The van der Waals surface area contributed by atoms with Gasteiger partial charge in [0.15, 0.2) is 13.6 Å². The van der Waals surface area contributed by atoms with Gasteiger partial charge in [-0.15, -0.1) is 6.42 Å². The smallest absolute Gasteiger partial charge is 0.476 e. The van der Waals surface area contributed by atoms with E-state index >= 15 is 0 Å². The summed E-state index contributed by atoms with van der Waals surface area (Å²) in [6, 6.07) is 11.2. The number of carbonyl (C=O) groups is 2. The second kappa shape index (κ2) is 13.4. The first-order valence-corrected chi connectivity index (χ1v) is 17.7. The summed E-state index contributed by atoms with van der Waals surface area (Å²) in [7, 11) is -4.75. The van der Waals surface area contributed by atoms with E-state index in [9.17, 15) is 24.3 Å². The predicted octanol–water partition coefficient (Wildman–Crippen LogP) is 4.73. The zero-order valence-corrected chi connectivity index (χ0v) is 28.8. The Kier molecular flexibility index (Phi) is 9.55. The fraction of sp³-hybridized carbons (Fsp3) is 0.514. The van der Waals surface area contributed by atoms with Crippen LogP contribution in [0.3, 0.4) is 0 Å². The molecule has 4 heterocycles. The Labute approximate surface area is 285 Å². The summed E-state index contributed by atoms with van der Waals surface area (Å²) >= 11 is 0. The van der Waals surface area contributed by atoms with Crippen molar-refractivity contribution in [2.75, 3.05) is 26.7 Å². The highest BCUT2D eigenvalue weighted by Crippen LogP contribution is 2.49. The first-order valence-electron chi connectivity index (χ1n) is 16.2. The van der Waals surface area contributed by atoms with Crippen molar-refractivity contribution < 1.29 is 47.0 Å². The molecule has 260 valence electrons. The van der Waals surface area contributed by atoms with E-state index in [2.05, 4.69) is 12.0 Å². The standard InChI is InChI=1S/C35H40N3O10P/c1-6-22-11-13-26-24(17-22)30(37-15-7-9-28(37)39)32(34(2,3)47-26)43-20-45-49(41,42)46-21-44-33-31(38-16-8-10-29(38)40)25-18-23(19-36)12-14-27(25)48-35(33,4)5/h1,11-14,17-18,30-33H,7-10,15-16,20-21H2,2-5H3,(H,41,42). The molecule has 0 bridgehead atoms. The predicted molar refractivity (Wildman–Crippen MR) is 174 cm³/mol. The summed E-state index contributed by atoms with van der Waals surface area (Å²) in [6.07, 6.45) is 6.15. The number of ether oxygens (including phenoxy) is 4. The maximum absolute atomic E-state index is 13.1. The number of rotatable bonds is 10. The third-order valence-corrected chi connectivity index (χ3v) is 10.3. The number of fused-ring (bicyclic) bond motifs is 2. The molecule has 6 rings (SSSR count). The van der Waals surface area contributed by atoms with Gasteiger partial charge in [0.25, 0.3) is 0 Å². The van der Waals surface area contributed by atoms with Gasteiger partial charge in [-0.2, -0.15) is 5.26 Å². The highest BCUT2D eigenvalue weighted by molar-refractivity contribution is 7.47. The number of terminal acetylenes is 1. The summed E-state index contributed by atoms with van der Waals surface area (Å²) in [4.78, 5) is 39.9. The highest BCUT2D eigenvalue weighted by Gasteiger charge is 2.51. The highest BCUT2D eigenvalue weighted by atomic mass is 31.2. The van der Waals surface area contributed by atoms with E-state index in [1.807, 2.05) is 0 Å². The van der Waals surface area contributed by atoms with Crippen molar-refractivity contribution in [3.8, 4) is 29.9 Å². The molecule has 13 nitrogen and oxygen atoms in total. The lowest BCUT2D eigenvalue weighted by Gasteiger charge is -2.47. The molecule has 2 fully saturated rings. The van der Waals surface area contributed by atoms with E-state index in [-0.39, 0.29) is 11.8 Å². The largest absolute Gasteiger partial charge is 0.485 e. The van der Waals surface area contributed by atoms with Gasteiger partial charge < -0.3 is 33.6 Å². The Bertz CT molecular complexity index is 1640. The summed E-state index contributed by atoms with van der Waals surface area (Å²) in [5.41, 5.74) is 0.324. The van der Waals surface area contributed by atoms with Crippen molar-refractivity contribution in [1.29, 1.82) is 5.26 Å². The molecule has 0 saturated carbocycles. The van der Waals surface area contributed by atoms with Gasteiger partial charge in [-0.05, 0) is 76.9 Å². The Hall–Kier alpha value is -3.94. The topological polar surface area (TPSA) is 157 Å².